The number of nitrogens with one attached hydrogen (secondary N) is 1. The smallest absolute Gasteiger partial charge is 0.244 e. The van der Waals surface area contributed by atoms with E-state index in [4.69, 9.17) is 10.5 Å². The zero-order chi connectivity index (χ0) is 15.5. The first-order valence-electron chi connectivity index (χ1n) is 7.05. The van der Waals surface area contributed by atoms with Crippen LogP contribution in [-0.2, 0) is 16.6 Å². The Hall–Kier alpha value is -1.15. The number of ether oxygens (including phenoxy) is 1. The maximum Gasteiger partial charge on any atom is 0.244 e. The quantitative estimate of drug-likeness (QED) is 0.731. The maximum atomic E-state index is 12.3. The molecule has 0 unspecified atom stereocenters. The Bertz CT molecular complexity index is 585. The monoisotopic (exact) mass is 313 g/mol. The van der Waals surface area contributed by atoms with Crippen molar-refractivity contribution in [1.82, 2.24) is 9.62 Å². The van der Waals surface area contributed by atoms with Crippen LogP contribution in [0.25, 0.3) is 0 Å². The van der Waals surface area contributed by atoms with E-state index in [0.717, 1.165) is 5.56 Å². The minimum Gasteiger partial charge on any atom is -0.495 e. The molecule has 6 nitrogen and oxygen atoms in total. The summed E-state index contributed by atoms with van der Waals surface area (Å²) in [5.74, 6) is 0.320. The molecule has 0 aromatic heterocycles. The third kappa shape index (κ3) is 4.16. The van der Waals surface area contributed by atoms with Crippen LogP contribution in [0.15, 0.2) is 23.1 Å². The van der Waals surface area contributed by atoms with Gasteiger partial charge in [-0.15, -0.1) is 0 Å². The van der Waals surface area contributed by atoms with Gasteiger partial charge in [0.25, 0.3) is 0 Å². The van der Waals surface area contributed by atoms with Crippen molar-refractivity contribution in [3.63, 3.8) is 0 Å². The number of methoxy groups -OCH3 is 1. The summed E-state index contributed by atoms with van der Waals surface area (Å²) in [6, 6.07) is 5.51. The van der Waals surface area contributed by atoms with E-state index in [9.17, 15) is 8.42 Å². The van der Waals surface area contributed by atoms with Gasteiger partial charge in [-0.3, -0.25) is 0 Å². The third-order valence-corrected chi connectivity index (χ3v) is 5.18. The van der Waals surface area contributed by atoms with Crippen LogP contribution in [0.5, 0.6) is 5.75 Å². The molecular formula is C14H23N3O3S. The summed E-state index contributed by atoms with van der Waals surface area (Å²) in [4.78, 5) is 2.33. The first-order chi connectivity index (χ1) is 9.97. The lowest BCUT2D eigenvalue weighted by atomic mass is 10.2. The van der Waals surface area contributed by atoms with E-state index in [1.165, 1.54) is 26.0 Å². The Kier molecular flexibility index (Phi) is 5.21. The van der Waals surface area contributed by atoms with Crippen LogP contribution in [0.2, 0.25) is 0 Å². The molecule has 0 bridgehead atoms. The molecule has 1 aromatic rings. The Labute approximate surface area is 126 Å². The Morgan fingerprint density at radius 2 is 2.14 bits per heavy atom. The van der Waals surface area contributed by atoms with E-state index in [-0.39, 0.29) is 4.90 Å². The summed E-state index contributed by atoms with van der Waals surface area (Å²) in [6.45, 7) is 1.43. The van der Waals surface area contributed by atoms with Gasteiger partial charge in [0.15, 0.2) is 0 Å². The highest BCUT2D eigenvalue weighted by molar-refractivity contribution is 7.89. The number of sulfonamides is 1. The summed E-state index contributed by atoms with van der Waals surface area (Å²) in [6.07, 6.45) is 2.41. The van der Waals surface area contributed by atoms with Gasteiger partial charge in [0.1, 0.15) is 10.6 Å². The van der Waals surface area contributed by atoms with E-state index < -0.39 is 10.0 Å². The Morgan fingerprint density at radius 3 is 2.71 bits per heavy atom. The van der Waals surface area contributed by atoms with E-state index in [2.05, 4.69) is 9.62 Å². The zero-order valence-electron chi connectivity index (χ0n) is 12.5. The van der Waals surface area contributed by atoms with Gasteiger partial charge < -0.3 is 15.4 Å². The average Bonchev–Trinajstić information content (AvgIpc) is 3.30. The second kappa shape index (κ2) is 6.74. The van der Waals surface area contributed by atoms with Gasteiger partial charge >= 0.3 is 0 Å². The van der Waals surface area contributed by atoms with Gasteiger partial charge in [0.05, 0.1) is 7.11 Å². The Morgan fingerprint density at radius 1 is 1.43 bits per heavy atom. The van der Waals surface area contributed by atoms with Gasteiger partial charge in [-0.05, 0) is 37.6 Å². The summed E-state index contributed by atoms with van der Waals surface area (Å²) in [7, 11) is -0.101. The molecule has 1 aromatic carbocycles. The topological polar surface area (TPSA) is 84.7 Å². The molecule has 0 aliphatic heterocycles. The van der Waals surface area contributed by atoms with E-state index in [1.54, 1.807) is 12.1 Å². The molecule has 118 valence electrons. The molecule has 0 saturated heterocycles. The molecule has 1 fully saturated rings. The van der Waals surface area contributed by atoms with Crippen molar-refractivity contribution in [2.24, 2.45) is 5.73 Å². The fraction of sp³-hybridized carbons (Fsp3) is 0.571. The molecule has 0 amide bonds. The molecule has 21 heavy (non-hydrogen) atoms. The van der Waals surface area contributed by atoms with Crippen LogP contribution in [0.3, 0.4) is 0 Å². The van der Waals surface area contributed by atoms with E-state index in [0.29, 0.717) is 31.4 Å². The van der Waals surface area contributed by atoms with E-state index in [1.807, 2.05) is 7.05 Å². The average molecular weight is 313 g/mol. The first-order valence-corrected chi connectivity index (χ1v) is 8.53. The van der Waals surface area contributed by atoms with Crippen LogP contribution < -0.4 is 15.2 Å². The standard InChI is InChI=1S/C14H23N3O3S/c1-17(12-4-5-12)8-7-16-21(18,19)14-6-3-11(10-15)9-13(14)20-2/h3,6,9,12,16H,4-5,7-8,10,15H2,1-2H3. The minimum absolute atomic E-state index is 0.149. The first kappa shape index (κ1) is 16.2. The molecule has 0 spiro atoms. The largest absolute Gasteiger partial charge is 0.495 e. The molecule has 1 aliphatic rings. The SMILES string of the molecule is COc1cc(CN)ccc1S(=O)(=O)NCCN(C)C1CC1. The highest BCUT2D eigenvalue weighted by Crippen LogP contribution is 2.26. The minimum atomic E-state index is -3.57. The van der Waals surface area contributed by atoms with Crippen molar-refractivity contribution >= 4 is 10.0 Å². The lowest BCUT2D eigenvalue weighted by Crippen LogP contribution is -2.34. The number of nitrogens with two attached hydrogens (primary N) is 1. The zero-order valence-corrected chi connectivity index (χ0v) is 13.3. The molecule has 0 atom stereocenters. The lowest BCUT2D eigenvalue weighted by Gasteiger charge is -2.16. The van der Waals surface area contributed by atoms with Crippen LogP contribution in [0.1, 0.15) is 18.4 Å². The summed E-state index contributed by atoms with van der Waals surface area (Å²) < 4.78 is 32.5. The van der Waals surface area contributed by atoms with Gasteiger partial charge in [-0.2, -0.15) is 0 Å². The molecule has 7 heteroatoms. The molecule has 3 N–H and O–H groups in total. The van der Waals surface area contributed by atoms with Crippen molar-refractivity contribution in [3.8, 4) is 5.75 Å². The van der Waals surface area contributed by atoms with Crippen molar-refractivity contribution in [2.75, 3.05) is 27.2 Å². The van der Waals surface area contributed by atoms with Gasteiger partial charge in [0.2, 0.25) is 10.0 Å². The van der Waals surface area contributed by atoms with Crippen molar-refractivity contribution in [2.45, 2.75) is 30.3 Å². The third-order valence-electron chi connectivity index (χ3n) is 3.68. The number of nitrogens with zero attached hydrogens (tertiary/aromatic N) is 1. The summed E-state index contributed by atoms with van der Waals surface area (Å²) >= 11 is 0. The van der Waals surface area contributed by atoms with E-state index >= 15 is 0 Å². The number of likely N-dealkylation sites (N-methyl/N-ethyl adjacent to an activating group) is 1. The fourth-order valence-corrected chi connectivity index (χ4v) is 3.36. The van der Waals surface area contributed by atoms with Crippen molar-refractivity contribution < 1.29 is 13.2 Å². The summed E-state index contributed by atoms with van der Waals surface area (Å²) in [5.41, 5.74) is 6.39. The molecule has 0 radical (unpaired) electrons. The molecule has 2 rings (SSSR count). The molecule has 1 saturated carbocycles. The normalized spacial score (nSPS) is 15.4. The second-order valence-electron chi connectivity index (χ2n) is 5.30. The second-order valence-corrected chi connectivity index (χ2v) is 7.03. The number of hydrogen-bond donors (Lipinski definition) is 2. The van der Waals surface area contributed by atoms with Crippen molar-refractivity contribution in [3.05, 3.63) is 23.8 Å². The molecule has 1 aliphatic carbocycles. The van der Waals surface area contributed by atoms with Crippen LogP contribution in [0.4, 0.5) is 0 Å². The van der Waals surface area contributed by atoms with Crippen LogP contribution >= 0.6 is 0 Å². The highest BCUT2D eigenvalue weighted by Gasteiger charge is 2.26. The predicted molar refractivity (Wildman–Crippen MR) is 81.7 cm³/mol. The van der Waals surface area contributed by atoms with Gasteiger partial charge in [-0.25, -0.2) is 13.1 Å². The maximum absolute atomic E-state index is 12.3. The fourth-order valence-electron chi connectivity index (χ4n) is 2.19. The molecule has 0 heterocycles. The molecular weight excluding hydrogens is 290 g/mol. The van der Waals surface area contributed by atoms with Crippen LogP contribution in [-0.4, -0.2) is 46.6 Å². The lowest BCUT2D eigenvalue weighted by molar-refractivity contribution is 0.329. The highest BCUT2D eigenvalue weighted by atomic mass is 32.2. The number of benzene rings is 1. The van der Waals surface area contributed by atoms with Crippen molar-refractivity contribution in [1.29, 1.82) is 0 Å². The van der Waals surface area contributed by atoms with Gasteiger partial charge in [-0.1, -0.05) is 6.07 Å². The Balaban J connectivity index is 2.04. The number of hydrogen-bond acceptors (Lipinski definition) is 5. The predicted octanol–water partition coefficient (Wildman–Crippen LogP) is 0.526. The summed E-state index contributed by atoms with van der Waals surface area (Å²) in [5, 5.41) is 0. The van der Waals surface area contributed by atoms with Gasteiger partial charge in [0, 0.05) is 25.7 Å². The number of rotatable bonds is 8. The van der Waals surface area contributed by atoms with Crippen LogP contribution in [0, 0.1) is 0 Å².